The number of nitrogens with zero attached hydrogens (tertiary/aromatic N) is 8. The van der Waals surface area contributed by atoms with Crippen LogP contribution in [0, 0.1) is 5.92 Å². The molecule has 0 spiro atoms. The van der Waals surface area contributed by atoms with E-state index < -0.39 is 0 Å². The Morgan fingerprint density at radius 3 is 2.74 bits per heavy atom. The molecule has 0 saturated carbocycles. The Kier molecular flexibility index (Phi) is 6.55. The third-order valence-corrected chi connectivity index (χ3v) is 5.97. The molecule has 1 amide bonds. The van der Waals surface area contributed by atoms with Crippen molar-refractivity contribution in [3.8, 4) is 17.1 Å². The lowest BCUT2D eigenvalue weighted by molar-refractivity contribution is -0.125. The first-order chi connectivity index (χ1) is 17.2. The minimum absolute atomic E-state index is 0.0347. The van der Waals surface area contributed by atoms with Gasteiger partial charge in [-0.05, 0) is 18.9 Å². The van der Waals surface area contributed by atoms with Crippen LogP contribution in [0.25, 0.3) is 17.1 Å². The van der Waals surface area contributed by atoms with Gasteiger partial charge in [-0.25, -0.2) is 24.3 Å². The van der Waals surface area contributed by atoms with Crippen molar-refractivity contribution in [2.24, 2.45) is 5.92 Å². The molecular formula is C24H25N9O2. The highest BCUT2D eigenvalue weighted by atomic mass is 16.2. The van der Waals surface area contributed by atoms with Gasteiger partial charge in [-0.3, -0.25) is 9.59 Å². The summed E-state index contributed by atoms with van der Waals surface area (Å²) in [4.78, 5) is 39.8. The van der Waals surface area contributed by atoms with E-state index in [1.165, 1.54) is 23.4 Å². The number of anilines is 1. The van der Waals surface area contributed by atoms with Gasteiger partial charge in [-0.15, -0.1) is 0 Å². The smallest absolute Gasteiger partial charge is 0.266 e. The lowest BCUT2D eigenvalue weighted by Gasteiger charge is -2.32. The molecule has 1 aromatic carbocycles. The van der Waals surface area contributed by atoms with Crippen LogP contribution in [0.2, 0.25) is 0 Å². The molecule has 5 rings (SSSR count). The zero-order chi connectivity index (χ0) is 24.0. The highest BCUT2D eigenvalue weighted by molar-refractivity contribution is 5.79. The third-order valence-electron chi connectivity index (χ3n) is 5.97. The Balaban J connectivity index is 1.19. The second-order valence-electron chi connectivity index (χ2n) is 8.30. The lowest BCUT2D eigenvalue weighted by Crippen LogP contribution is -2.44. The minimum Gasteiger partial charge on any atom is -0.356 e. The van der Waals surface area contributed by atoms with Gasteiger partial charge >= 0.3 is 0 Å². The summed E-state index contributed by atoms with van der Waals surface area (Å²) in [5, 5.41) is 11.5. The van der Waals surface area contributed by atoms with E-state index in [1.807, 2.05) is 36.4 Å². The predicted octanol–water partition coefficient (Wildman–Crippen LogP) is 1.31. The van der Waals surface area contributed by atoms with Gasteiger partial charge in [0.1, 0.15) is 24.8 Å². The summed E-state index contributed by atoms with van der Waals surface area (Å²) in [7, 11) is 0. The molecule has 0 radical (unpaired) electrons. The van der Waals surface area contributed by atoms with Crippen molar-refractivity contribution < 1.29 is 4.79 Å². The molecule has 3 aromatic heterocycles. The number of carbonyl (C=O) groups is 1. The van der Waals surface area contributed by atoms with Gasteiger partial charge in [0, 0.05) is 37.3 Å². The maximum atomic E-state index is 12.9. The van der Waals surface area contributed by atoms with Crippen LogP contribution in [0.1, 0.15) is 12.8 Å². The van der Waals surface area contributed by atoms with Crippen molar-refractivity contribution in [2.45, 2.75) is 19.4 Å². The highest BCUT2D eigenvalue weighted by Gasteiger charge is 2.26. The largest absolute Gasteiger partial charge is 0.356 e. The molecule has 0 bridgehead atoms. The fraction of sp³-hybridized carbons (Fsp3) is 0.292. The topological polar surface area (TPSA) is 124 Å². The Hall–Kier alpha value is -4.41. The van der Waals surface area contributed by atoms with Crippen LogP contribution < -0.4 is 15.8 Å². The molecule has 1 aliphatic heterocycles. The van der Waals surface area contributed by atoms with E-state index in [0.29, 0.717) is 25.5 Å². The predicted molar refractivity (Wildman–Crippen MR) is 129 cm³/mol. The van der Waals surface area contributed by atoms with Crippen molar-refractivity contribution in [3.63, 3.8) is 0 Å². The van der Waals surface area contributed by atoms with Gasteiger partial charge in [0.15, 0.2) is 5.82 Å². The van der Waals surface area contributed by atoms with Crippen LogP contribution in [0.4, 0.5) is 5.82 Å². The summed E-state index contributed by atoms with van der Waals surface area (Å²) in [5.74, 6) is 1.16. The maximum Gasteiger partial charge on any atom is 0.266 e. The molecule has 178 valence electrons. The molecule has 0 aliphatic carbocycles. The normalized spacial score (nSPS) is 15.7. The molecule has 1 fully saturated rings. The molecule has 35 heavy (non-hydrogen) atoms. The number of carbonyl (C=O) groups excluding carboxylic acids is 1. The summed E-state index contributed by atoms with van der Waals surface area (Å²) < 4.78 is 2.96. The number of amides is 1. The standard InChI is InChI=1S/C24H25N9O2/c34-23-9-8-20(18-5-2-1-3-6-18)30-32(23)12-10-26-24(35)19-7-4-11-31(14-19)21-13-22(28-16-27-21)33-17-25-15-29-33/h1-3,5-6,8-9,13,15-17,19H,4,7,10-12,14H2,(H,26,35). The summed E-state index contributed by atoms with van der Waals surface area (Å²) in [6, 6.07) is 14.7. The molecular weight excluding hydrogens is 446 g/mol. The average molecular weight is 472 g/mol. The van der Waals surface area contributed by atoms with Gasteiger partial charge in [-0.1, -0.05) is 30.3 Å². The maximum absolute atomic E-state index is 12.9. The van der Waals surface area contributed by atoms with Crippen LogP contribution in [-0.2, 0) is 11.3 Å². The Bertz CT molecular complexity index is 1340. The first-order valence-corrected chi connectivity index (χ1v) is 11.5. The van der Waals surface area contributed by atoms with Crippen LogP contribution in [0.5, 0.6) is 0 Å². The summed E-state index contributed by atoms with van der Waals surface area (Å²) in [6.45, 7) is 1.99. The van der Waals surface area contributed by atoms with Crippen LogP contribution in [0.3, 0.4) is 0 Å². The third kappa shape index (κ3) is 5.24. The van der Waals surface area contributed by atoms with Crippen LogP contribution in [0.15, 0.2) is 72.3 Å². The zero-order valence-electron chi connectivity index (χ0n) is 19.1. The van der Waals surface area contributed by atoms with E-state index in [2.05, 4.69) is 35.4 Å². The monoisotopic (exact) mass is 471 g/mol. The van der Waals surface area contributed by atoms with Crippen molar-refractivity contribution in [2.75, 3.05) is 24.5 Å². The number of nitrogens with one attached hydrogen (secondary N) is 1. The summed E-state index contributed by atoms with van der Waals surface area (Å²) in [6.07, 6.45) is 6.19. The van der Waals surface area contributed by atoms with Gasteiger partial charge in [0.05, 0.1) is 18.2 Å². The molecule has 1 N–H and O–H groups in total. The first kappa shape index (κ1) is 22.4. The molecule has 1 atom stereocenters. The number of benzene rings is 1. The second-order valence-corrected chi connectivity index (χ2v) is 8.30. The highest BCUT2D eigenvalue weighted by Crippen LogP contribution is 2.22. The fourth-order valence-corrected chi connectivity index (χ4v) is 4.16. The van der Waals surface area contributed by atoms with Gasteiger partial charge in [0.25, 0.3) is 5.56 Å². The second kappa shape index (κ2) is 10.2. The van der Waals surface area contributed by atoms with E-state index in [-0.39, 0.29) is 17.4 Å². The Morgan fingerprint density at radius 2 is 1.91 bits per heavy atom. The van der Waals surface area contributed by atoms with E-state index in [0.717, 1.165) is 36.5 Å². The van der Waals surface area contributed by atoms with Crippen molar-refractivity contribution >= 4 is 11.7 Å². The van der Waals surface area contributed by atoms with Crippen molar-refractivity contribution in [1.29, 1.82) is 0 Å². The molecule has 4 heterocycles. The minimum atomic E-state index is -0.199. The zero-order valence-corrected chi connectivity index (χ0v) is 19.1. The van der Waals surface area contributed by atoms with Crippen LogP contribution in [-0.4, -0.2) is 60.1 Å². The number of hydrogen-bond acceptors (Lipinski definition) is 8. The van der Waals surface area contributed by atoms with Crippen molar-refractivity contribution in [3.05, 3.63) is 77.9 Å². The van der Waals surface area contributed by atoms with E-state index in [4.69, 9.17) is 0 Å². The number of rotatable bonds is 7. The van der Waals surface area contributed by atoms with Gasteiger partial charge in [0.2, 0.25) is 5.91 Å². The molecule has 11 heteroatoms. The van der Waals surface area contributed by atoms with E-state index in [1.54, 1.807) is 17.1 Å². The van der Waals surface area contributed by atoms with Gasteiger partial charge < -0.3 is 10.2 Å². The summed E-state index contributed by atoms with van der Waals surface area (Å²) >= 11 is 0. The van der Waals surface area contributed by atoms with Crippen LogP contribution >= 0.6 is 0 Å². The molecule has 1 saturated heterocycles. The SMILES string of the molecule is O=C(NCCn1nc(-c2ccccc2)ccc1=O)C1CCCN(c2cc(-n3cncn3)ncn2)C1. The lowest BCUT2D eigenvalue weighted by atomic mass is 9.97. The fourth-order valence-electron chi connectivity index (χ4n) is 4.16. The first-order valence-electron chi connectivity index (χ1n) is 11.5. The van der Waals surface area contributed by atoms with E-state index >= 15 is 0 Å². The molecule has 4 aromatic rings. The van der Waals surface area contributed by atoms with Crippen molar-refractivity contribution in [1.82, 2.24) is 39.8 Å². The van der Waals surface area contributed by atoms with E-state index in [9.17, 15) is 9.59 Å². The quantitative estimate of drug-likeness (QED) is 0.428. The number of piperidine rings is 1. The molecule has 11 nitrogen and oxygen atoms in total. The molecule has 1 unspecified atom stereocenters. The Labute approximate surface area is 201 Å². The number of aromatic nitrogens is 7. The average Bonchev–Trinajstić information content (AvgIpc) is 3.46. The summed E-state index contributed by atoms with van der Waals surface area (Å²) in [5.41, 5.74) is 1.45. The number of hydrogen-bond donors (Lipinski definition) is 1. The molecule has 1 aliphatic rings. The Morgan fingerprint density at radius 1 is 1.06 bits per heavy atom. The van der Waals surface area contributed by atoms with Gasteiger partial charge in [-0.2, -0.15) is 10.2 Å².